The molecule has 0 radical (unpaired) electrons. The van der Waals surface area contributed by atoms with Crippen LogP contribution in [0.1, 0.15) is 31.9 Å². The summed E-state index contributed by atoms with van der Waals surface area (Å²) >= 11 is 0. The first-order chi connectivity index (χ1) is 14.5. The molecule has 0 aliphatic carbocycles. The number of aromatic nitrogens is 1. The summed E-state index contributed by atoms with van der Waals surface area (Å²) in [5.41, 5.74) is 2.22. The molecular formula is C22H22N4O4. The van der Waals surface area contributed by atoms with Crippen LogP contribution in [0, 0.1) is 0 Å². The Hall–Kier alpha value is -3.68. The van der Waals surface area contributed by atoms with Crippen LogP contribution in [0.15, 0.2) is 71.0 Å². The Morgan fingerprint density at radius 2 is 1.83 bits per heavy atom. The summed E-state index contributed by atoms with van der Waals surface area (Å²) < 4.78 is 10.0. The maximum absolute atomic E-state index is 13.0. The van der Waals surface area contributed by atoms with E-state index in [1.807, 2.05) is 48.5 Å². The third-order valence-electron chi connectivity index (χ3n) is 5.35. The Labute approximate surface area is 174 Å². The maximum Gasteiger partial charge on any atom is 0.510 e. The van der Waals surface area contributed by atoms with Crippen LogP contribution in [0.5, 0.6) is 0 Å². The van der Waals surface area contributed by atoms with Crippen LogP contribution in [0.4, 0.5) is 10.6 Å². The summed E-state index contributed by atoms with van der Waals surface area (Å²) in [6, 6.07) is 15.3. The van der Waals surface area contributed by atoms with E-state index in [2.05, 4.69) is 9.72 Å². The van der Waals surface area contributed by atoms with Gasteiger partial charge in [0.2, 0.25) is 6.23 Å². The van der Waals surface area contributed by atoms with Crippen LogP contribution in [0.3, 0.4) is 0 Å². The number of amidine groups is 1. The van der Waals surface area contributed by atoms with Gasteiger partial charge >= 0.3 is 6.16 Å². The minimum absolute atomic E-state index is 0.149. The lowest BCUT2D eigenvalue weighted by Gasteiger charge is -2.25. The van der Waals surface area contributed by atoms with Gasteiger partial charge in [0.1, 0.15) is 11.7 Å². The van der Waals surface area contributed by atoms with Crippen molar-refractivity contribution in [2.75, 3.05) is 12.1 Å². The average molecular weight is 406 g/mol. The number of anilines is 1. The zero-order valence-electron chi connectivity index (χ0n) is 17.0. The van der Waals surface area contributed by atoms with Crippen LogP contribution in [-0.4, -0.2) is 41.1 Å². The predicted molar refractivity (Wildman–Crippen MR) is 110 cm³/mol. The second-order valence-electron chi connectivity index (χ2n) is 7.09. The van der Waals surface area contributed by atoms with Crippen molar-refractivity contribution in [1.29, 1.82) is 0 Å². The average Bonchev–Trinajstić information content (AvgIpc) is 3.31. The highest BCUT2D eigenvalue weighted by molar-refractivity contribution is 6.10. The fourth-order valence-corrected chi connectivity index (χ4v) is 3.64. The second-order valence-corrected chi connectivity index (χ2v) is 7.09. The number of hydrogen-bond acceptors (Lipinski definition) is 7. The van der Waals surface area contributed by atoms with Gasteiger partial charge in [-0.05, 0) is 37.1 Å². The summed E-state index contributed by atoms with van der Waals surface area (Å²) in [6.07, 6.45) is 0.411. The Balaban J connectivity index is 1.72. The molecule has 1 aromatic heterocycles. The van der Waals surface area contributed by atoms with Crippen molar-refractivity contribution in [1.82, 2.24) is 9.88 Å². The number of pyridine rings is 1. The third kappa shape index (κ3) is 3.41. The number of hydrazone groups is 1. The summed E-state index contributed by atoms with van der Waals surface area (Å²) in [6.45, 7) is 3.48. The van der Waals surface area contributed by atoms with E-state index >= 15 is 0 Å². The molecule has 8 heteroatoms. The van der Waals surface area contributed by atoms with Crippen LogP contribution in [0.25, 0.3) is 0 Å². The van der Waals surface area contributed by atoms with E-state index in [4.69, 9.17) is 9.84 Å². The van der Waals surface area contributed by atoms with Crippen molar-refractivity contribution in [3.8, 4) is 0 Å². The summed E-state index contributed by atoms with van der Waals surface area (Å²) in [4.78, 5) is 30.6. The van der Waals surface area contributed by atoms with Gasteiger partial charge in [-0.2, -0.15) is 5.10 Å². The Morgan fingerprint density at radius 3 is 2.50 bits per heavy atom. The van der Waals surface area contributed by atoms with E-state index in [1.54, 1.807) is 25.1 Å². The highest BCUT2D eigenvalue weighted by Gasteiger charge is 2.44. The normalized spacial score (nSPS) is 21.2. The monoisotopic (exact) mass is 406 g/mol. The molecule has 30 heavy (non-hydrogen) atoms. The van der Waals surface area contributed by atoms with Crippen molar-refractivity contribution >= 4 is 23.7 Å². The van der Waals surface area contributed by atoms with E-state index < -0.39 is 12.4 Å². The molecule has 0 fully saturated rings. The van der Waals surface area contributed by atoms with Crippen molar-refractivity contribution < 1.29 is 19.1 Å². The molecule has 2 unspecified atom stereocenters. The van der Waals surface area contributed by atoms with Crippen LogP contribution < -0.4 is 5.01 Å². The largest absolute Gasteiger partial charge is 0.510 e. The molecule has 0 spiro atoms. The smallest absolute Gasteiger partial charge is 0.438 e. The van der Waals surface area contributed by atoms with Crippen molar-refractivity contribution in [3.05, 3.63) is 71.4 Å². The maximum atomic E-state index is 13.0. The lowest BCUT2D eigenvalue weighted by molar-refractivity contribution is -0.127. The van der Waals surface area contributed by atoms with Gasteiger partial charge in [-0.1, -0.05) is 36.4 Å². The predicted octanol–water partition coefficient (Wildman–Crippen LogP) is 3.63. The molecule has 4 rings (SSSR count). The number of ether oxygens (including phenoxy) is 2. The second kappa shape index (κ2) is 7.98. The van der Waals surface area contributed by atoms with E-state index in [9.17, 15) is 9.59 Å². The molecule has 2 aliphatic rings. The number of carbonyl (C=O) groups is 2. The number of hydrogen-bond donors (Lipinski definition) is 0. The van der Waals surface area contributed by atoms with E-state index in [0.29, 0.717) is 29.2 Å². The molecule has 2 aliphatic heterocycles. The molecule has 1 aromatic carbocycles. The number of benzene rings is 1. The molecule has 0 bridgehead atoms. The van der Waals surface area contributed by atoms with Gasteiger partial charge in [0, 0.05) is 18.2 Å². The van der Waals surface area contributed by atoms with Gasteiger partial charge in [-0.15, -0.1) is 0 Å². The molecule has 2 aromatic rings. The van der Waals surface area contributed by atoms with Crippen molar-refractivity contribution in [2.45, 2.75) is 32.5 Å². The van der Waals surface area contributed by atoms with E-state index in [-0.39, 0.29) is 11.9 Å². The third-order valence-corrected chi connectivity index (χ3v) is 5.35. The fourth-order valence-electron chi connectivity index (χ4n) is 3.64. The molecule has 0 N–H and O–H groups in total. The molecule has 3 heterocycles. The quantitative estimate of drug-likeness (QED) is 0.724. The van der Waals surface area contributed by atoms with Gasteiger partial charge in [-0.25, -0.2) is 14.8 Å². The first kappa shape index (κ1) is 19.6. The highest BCUT2D eigenvalue weighted by Crippen LogP contribution is 2.38. The van der Waals surface area contributed by atoms with Gasteiger partial charge in [-0.3, -0.25) is 9.69 Å². The van der Waals surface area contributed by atoms with Crippen LogP contribution in [0.2, 0.25) is 0 Å². The van der Waals surface area contributed by atoms with Gasteiger partial charge in [0.15, 0.2) is 0 Å². The number of methoxy groups -OCH3 is 1. The van der Waals surface area contributed by atoms with Gasteiger partial charge < -0.3 is 9.47 Å². The summed E-state index contributed by atoms with van der Waals surface area (Å²) in [5, 5.41) is 6.54. The molecule has 8 nitrogen and oxygen atoms in total. The number of amides is 1. The Morgan fingerprint density at radius 1 is 1.10 bits per heavy atom. The number of nitrogens with zero attached hydrogens (tertiary/aromatic N) is 4. The number of rotatable bonds is 3. The standard InChI is InChI=1S/C22H22N4O4/c1-14-15(2)21(30-22(28)29-3)25(20(14)27)19-13-17(16-9-5-4-6-10-16)26(24-19)18-11-7-8-12-23-18/h4-12,17,21H,13H2,1-3H3. The Kier molecular flexibility index (Phi) is 5.22. The Bertz CT molecular complexity index is 1020. The molecule has 1 amide bonds. The topological polar surface area (TPSA) is 84.3 Å². The lowest BCUT2D eigenvalue weighted by atomic mass is 10.0. The van der Waals surface area contributed by atoms with E-state index in [0.717, 1.165) is 5.56 Å². The number of carbonyl (C=O) groups excluding carboxylic acids is 2. The molecule has 154 valence electrons. The minimum atomic E-state index is -0.885. The highest BCUT2D eigenvalue weighted by atomic mass is 16.7. The SMILES string of the molecule is COC(=O)OC1C(C)=C(C)C(=O)N1C1=NN(c2ccccn2)C(c2ccccc2)C1. The molecule has 2 atom stereocenters. The fraction of sp³-hybridized carbons (Fsp3) is 0.273. The zero-order chi connectivity index (χ0) is 21.3. The van der Waals surface area contributed by atoms with Crippen molar-refractivity contribution in [3.63, 3.8) is 0 Å². The van der Waals surface area contributed by atoms with Crippen LogP contribution >= 0.6 is 0 Å². The van der Waals surface area contributed by atoms with Crippen molar-refractivity contribution in [2.24, 2.45) is 5.10 Å². The minimum Gasteiger partial charge on any atom is -0.438 e. The lowest BCUT2D eigenvalue weighted by Crippen LogP contribution is -2.42. The molecule has 0 saturated carbocycles. The molecule has 0 saturated heterocycles. The zero-order valence-corrected chi connectivity index (χ0v) is 17.0. The summed E-state index contributed by atoms with van der Waals surface area (Å²) in [5.74, 6) is 0.930. The van der Waals surface area contributed by atoms with Gasteiger partial charge in [0.05, 0.1) is 13.2 Å². The van der Waals surface area contributed by atoms with E-state index in [1.165, 1.54) is 12.0 Å². The van der Waals surface area contributed by atoms with Crippen LogP contribution in [-0.2, 0) is 14.3 Å². The first-order valence-corrected chi connectivity index (χ1v) is 9.59. The summed E-state index contributed by atoms with van der Waals surface area (Å²) in [7, 11) is 1.23. The molecular weight excluding hydrogens is 384 g/mol. The first-order valence-electron chi connectivity index (χ1n) is 9.59. The van der Waals surface area contributed by atoms with Gasteiger partial charge in [0.25, 0.3) is 5.91 Å².